The van der Waals surface area contributed by atoms with Gasteiger partial charge in [0.1, 0.15) is 12.6 Å². The first-order valence-electron chi connectivity index (χ1n) is 12.2. The SMILES string of the molecule is CNC(=O)C(C)N(Cc1ccccc1C)C(=O)CN(c1ccc(Cl)c(C(F)(F)F)c1)S(=O)(=O)c1ccc(C)cc1. The third-order valence-electron chi connectivity index (χ3n) is 6.45. The van der Waals surface area contributed by atoms with E-state index in [0.29, 0.717) is 15.9 Å². The van der Waals surface area contributed by atoms with Crippen LogP contribution in [0.2, 0.25) is 5.02 Å². The van der Waals surface area contributed by atoms with Crippen molar-refractivity contribution in [3.05, 3.63) is 94.0 Å². The summed E-state index contributed by atoms with van der Waals surface area (Å²) in [7, 11) is -3.13. The number of sulfonamides is 1. The Labute approximate surface area is 236 Å². The summed E-state index contributed by atoms with van der Waals surface area (Å²) in [5.41, 5.74) is 0.649. The smallest absolute Gasteiger partial charge is 0.357 e. The fourth-order valence-corrected chi connectivity index (χ4v) is 5.65. The van der Waals surface area contributed by atoms with Gasteiger partial charge in [-0.05, 0) is 62.2 Å². The van der Waals surface area contributed by atoms with E-state index in [9.17, 15) is 31.2 Å². The zero-order valence-electron chi connectivity index (χ0n) is 22.3. The summed E-state index contributed by atoms with van der Waals surface area (Å²) in [5, 5.41) is 1.85. The van der Waals surface area contributed by atoms with Crippen molar-refractivity contribution in [2.45, 2.75) is 44.4 Å². The van der Waals surface area contributed by atoms with Gasteiger partial charge >= 0.3 is 6.18 Å². The minimum absolute atomic E-state index is 0.0348. The van der Waals surface area contributed by atoms with E-state index in [4.69, 9.17) is 11.6 Å². The number of aryl methyl sites for hydroxylation is 2. The van der Waals surface area contributed by atoms with Crippen LogP contribution in [0.4, 0.5) is 18.9 Å². The number of anilines is 1. The molecule has 0 aromatic heterocycles. The molecule has 1 unspecified atom stereocenters. The predicted octanol–water partition coefficient (Wildman–Crippen LogP) is 5.33. The number of halogens is 4. The first-order chi connectivity index (χ1) is 18.7. The minimum Gasteiger partial charge on any atom is -0.357 e. The van der Waals surface area contributed by atoms with Gasteiger partial charge in [0, 0.05) is 13.6 Å². The van der Waals surface area contributed by atoms with Gasteiger partial charge in [0.2, 0.25) is 11.8 Å². The normalized spacial score (nSPS) is 12.5. The van der Waals surface area contributed by atoms with Crippen molar-refractivity contribution in [1.29, 1.82) is 0 Å². The van der Waals surface area contributed by atoms with Gasteiger partial charge in [0.05, 0.1) is 21.2 Å². The van der Waals surface area contributed by atoms with E-state index >= 15 is 0 Å². The lowest BCUT2D eigenvalue weighted by Crippen LogP contribution is -2.50. The number of amides is 2. The third-order valence-corrected chi connectivity index (χ3v) is 8.56. The van der Waals surface area contributed by atoms with E-state index in [0.717, 1.165) is 23.3 Å². The Kier molecular flexibility index (Phi) is 9.52. The molecule has 0 spiro atoms. The Morgan fingerprint density at radius 1 is 1.00 bits per heavy atom. The van der Waals surface area contributed by atoms with Gasteiger partial charge in [-0.25, -0.2) is 8.42 Å². The van der Waals surface area contributed by atoms with Crippen LogP contribution in [0, 0.1) is 13.8 Å². The van der Waals surface area contributed by atoms with Crippen molar-refractivity contribution >= 4 is 39.1 Å². The van der Waals surface area contributed by atoms with Gasteiger partial charge in [-0.2, -0.15) is 13.2 Å². The van der Waals surface area contributed by atoms with Gasteiger partial charge < -0.3 is 10.2 Å². The van der Waals surface area contributed by atoms with Crippen molar-refractivity contribution in [3.8, 4) is 0 Å². The van der Waals surface area contributed by atoms with E-state index in [1.54, 1.807) is 19.1 Å². The summed E-state index contributed by atoms with van der Waals surface area (Å²) >= 11 is 5.78. The molecule has 2 amide bonds. The highest BCUT2D eigenvalue weighted by Crippen LogP contribution is 2.38. The number of benzene rings is 3. The number of likely N-dealkylation sites (N-methyl/N-ethyl adjacent to an activating group) is 1. The lowest BCUT2D eigenvalue weighted by Gasteiger charge is -2.32. The number of alkyl halides is 3. The zero-order valence-corrected chi connectivity index (χ0v) is 23.9. The van der Waals surface area contributed by atoms with Crippen LogP contribution in [0.5, 0.6) is 0 Å². The van der Waals surface area contributed by atoms with Crippen molar-refractivity contribution in [1.82, 2.24) is 10.2 Å². The first kappa shape index (κ1) is 31.0. The molecule has 0 bridgehead atoms. The van der Waals surface area contributed by atoms with Crippen LogP contribution < -0.4 is 9.62 Å². The number of carbonyl (C=O) groups excluding carboxylic acids is 2. The van der Waals surface area contributed by atoms with Crippen LogP contribution in [0.25, 0.3) is 0 Å². The third kappa shape index (κ3) is 6.95. The van der Waals surface area contributed by atoms with Gasteiger partial charge in [-0.1, -0.05) is 53.6 Å². The van der Waals surface area contributed by atoms with Crippen LogP contribution in [-0.2, 0) is 32.3 Å². The maximum absolute atomic E-state index is 13.8. The topological polar surface area (TPSA) is 86.8 Å². The number of nitrogens with zero attached hydrogens (tertiary/aromatic N) is 2. The number of hydrogen-bond donors (Lipinski definition) is 1. The lowest BCUT2D eigenvalue weighted by molar-refractivity contribution is -0.139. The molecule has 1 N–H and O–H groups in total. The molecule has 12 heteroatoms. The number of rotatable bonds is 9. The van der Waals surface area contributed by atoms with Gasteiger partial charge in [-0.15, -0.1) is 0 Å². The van der Waals surface area contributed by atoms with E-state index in [1.165, 1.54) is 43.1 Å². The molecule has 3 aromatic carbocycles. The Balaban J connectivity index is 2.14. The molecule has 0 aliphatic heterocycles. The number of hydrogen-bond acceptors (Lipinski definition) is 4. The van der Waals surface area contributed by atoms with E-state index in [1.807, 2.05) is 19.1 Å². The van der Waals surface area contributed by atoms with Crippen molar-refractivity contribution in [2.24, 2.45) is 0 Å². The largest absolute Gasteiger partial charge is 0.417 e. The van der Waals surface area contributed by atoms with E-state index < -0.39 is 56.9 Å². The molecule has 0 radical (unpaired) electrons. The molecule has 0 heterocycles. The Morgan fingerprint density at radius 3 is 2.20 bits per heavy atom. The highest BCUT2D eigenvalue weighted by Gasteiger charge is 2.37. The molecule has 0 saturated heterocycles. The Hall–Kier alpha value is -3.57. The fourth-order valence-electron chi connectivity index (χ4n) is 4.01. The molecule has 3 rings (SSSR count). The molecule has 40 heavy (non-hydrogen) atoms. The van der Waals surface area contributed by atoms with Crippen molar-refractivity contribution in [2.75, 3.05) is 17.9 Å². The Bertz CT molecular complexity index is 1500. The summed E-state index contributed by atoms with van der Waals surface area (Å²) in [5.74, 6) is -1.29. The molecule has 214 valence electrons. The van der Waals surface area contributed by atoms with Gasteiger partial charge in [-0.3, -0.25) is 13.9 Å². The fraction of sp³-hybridized carbons (Fsp3) is 0.286. The highest BCUT2D eigenvalue weighted by atomic mass is 35.5. The second-order valence-corrected chi connectivity index (χ2v) is 11.5. The molecular formula is C28H29ClF3N3O4S. The Morgan fingerprint density at radius 2 is 1.62 bits per heavy atom. The predicted molar refractivity (Wildman–Crippen MR) is 147 cm³/mol. The second-order valence-electron chi connectivity index (χ2n) is 9.22. The molecule has 1 atom stereocenters. The lowest BCUT2D eigenvalue weighted by atomic mass is 10.1. The molecule has 7 nitrogen and oxygen atoms in total. The molecule has 0 fully saturated rings. The molecule has 0 saturated carbocycles. The quantitative estimate of drug-likeness (QED) is 0.362. The first-order valence-corrected chi connectivity index (χ1v) is 14.0. The van der Waals surface area contributed by atoms with E-state index in [-0.39, 0.29) is 11.4 Å². The van der Waals surface area contributed by atoms with Crippen LogP contribution in [-0.4, -0.2) is 44.8 Å². The minimum atomic E-state index is -4.87. The van der Waals surface area contributed by atoms with Crippen LogP contribution in [0.15, 0.2) is 71.6 Å². The maximum atomic E-state index is 13.8. The highest BCUT2D eigenvalue weighted by molar-refractivity contribution is 7.92. The average molecular weight is 596 g/mol. The zero-order chi connectivity index (χ0) is 29.8. The van der Waals surface area contributed by atoms with Crippen LogP contribution in [0.3, 0.4) is 0 Å². The standard InChI is InChI=1S/C28H29ClF3N3O4S/c1-18-9-12-23(13-10-18)40(38,39)35(22-11-14-25(29)24(15-22)28(30,31)32)17-26(36)34(20(3)27(37)33-4)16-21-8-6-5-7-19(21)2/h5-15,20H,16-17H2,1-4H3,(H,33,37). The van der Waals surface area contributed by atoms with Crippen molar-refractivity contribution < 1.29 is 31.2 Å². The summed E-state index contributed by atoms with van der Waals surface area (Å²) in [6, 6.07) is 14.4. The molecule has 3 aromatic rings. The second kappa shape index (κ2) is 12.3. The van der Waals surface area contributed by atoms with Gasteiger partial charge in [0.15, 0.2) is 0 Å². The average Bonchev–Trinajstić information content (AvgIpc) is 2.90. The maximum Gasteiger partial charge on any atom is 0.417 e. The number of nitrogens with one attached hydrogen (secondary N) is 1. The molecule has 0 aliphatic rings. The van der Waals surface area contributed by atoms with Crippen LogP contribution in [0.1, 0.15) is 29.2 Å². The molecular weight excluding hydrogens is 567 g/mol. The summed E-state index contributed by atoms with van der Waals surface area (Å²) < 4.78 is 69.2. The molecule has 0 aliphatic carbocycles. The van der Waals surface area contributed by atoms with Crippen molar-refractivity contribution in [3.63, 3.8) is 0 Å². The monoisotopic (exact) mass is 595 g/mol. The summed E-state index contributed by atoms with van der Waals surface area (Å²) in [4.78, 5) is 27.3. The van der Waals surface area contributed by atoms with Crippen LogP contribution >= 0.6 is 11.6 Å². The van der Waals surface area contributed by atoms with Gasteiger partial charge in [0.25, 0.3) is 10.0 Å². The summed E-state index contributed by atoms with van der Waals surface area (Å²) in [6.45, 7) is 4.15. The van der Waals surface area contributed by atoms with E-state index in [2.05, 4.69) is 5.32 Å². The summed E-state index contributed by atoms with van der Waals surface area (Å²) in [6.07, 6.45) is -4.87. The number of carbonyl (C=O) groups is 2.